The van der Waals surface area contributed by atoms with Gasteiger partial charge in [0.25, 0.3) is 11.8 Å². The largest absolute Gasteiger partial charge is 0.507 e. The van der Waals surface area contributed by atoms with E-state index in [9.17, 15) is 14.7 Å². The summed E-state index contributed by atoms with van der Waals surface area (Å²) in [5.41, 5.74) is 2.01. The van der Waals surface area contributed by atoms with E-state index in [-0.39, 0.29) is 29.3 Å². The van der Waals surface area contributed by atoms with Crippen LogP contribution in [0.2, 0.25) is 0 Å². The highest BCUT2D eigenvalue weighted by molar-refractivity contribution is 6.01. The van der Waals surface area contributed by atoms with E-state index in [1.165, 1.54) is 18.2 Å². The van der Waals surface area contributed by atoms with Crippen molar-refractivity contribution < 1.29 is 14.7 Å². The van der Waals surface area contributed by atoms with Crippen molar-refractivity contribution in [2.45, 2.75) is 13.1 Å². The molecular weight excluding hydrogens is 344 g/mol. The minimum atomic E-state index is -0.474. The van der Waals surface area contributed by atoms with Crippen LogP contribution in [0, 0.1) is 0 Å². The first-order chi connectivity index (χ1) is 13.1. The summed E-state index contributed by atoms with van der Waals surface area (Å²) in [7, 11) is 0. The summed E-state index contributed by atoms with van der Waals surface area (Å²) in [6.07, 6.45) is 6.60. The smallest absolute Gasteiger partial charge is 0.255 e. The maximum atomic E-state index is 12.4. The van der Waals surface area contributed by atoms with E-state index in [1.807, 2.05) is 12.1 Å². The third-order valence-electron chi connectivity index (χ3n) is 3.86. The SMILES string of the molecule is O=C(NCc1cccnc1)c1ccc(O)c(C(=O)NCc2cccnc2)c1. The molecule has 0 bridgehead atoms. The predicted molar refractivity (Wildman–Crippen MR) is 98.9 cm³/mol. The van der Waals surface area contributed by atoms with Crippen molar-refractivity contribution >= 4 is 11.8 Å². The Bertz CT molecular complexity index is 930. The van der Waals surface area contributed by atoms with Crippen LogP contribution in [0.1, 0.15) is 31.8 Å². The Morgan fingerprint density at radius 3 is 2.00 bits per heavy atom. The summed E-state index contributed by atoms with van der Waals surface area (Å²) in [6.45, 7) is 0.583. The topological polar surface area (TPSA) is 104 Å². The van der Waals surface area contributed by atoms with Crippen molar-refractivity contribution in [3.05, 3.63) is 89.5 Å². The van der Waals surface area contributed by atoms with E-state index in [4.69, 9.17) is 0 Å². The van der Waals surface area contributed by atoms with Crippen molar-refractivity contribution in [1.29, 1.82) is 0 Å². The number of hydrogen-bond acceptors (Lipinski definition) is 5. The first-order valence-electron chi connectivity index (χ1n) is 8.30. The maximum absolute atomic E-state index is 12.4. The van der Waals surface area contributed by atoms with Crippen LogP contribution in [0.4, 0.5) is 0 Å². The number of benzene rings is 1. The molecule has 0 aliphatic rings. The van der Waals surface area contributed by atoms with Crippen LogP contribution in [0.3, 0.4) is 0 Å². The molecule has 0 aliphatic carbocycles. The first kappa shape index (κ1) is 18.1. The second kappa shape index (κ2) is 8.57. The molecule has 0 fully saturated rings. The molecular formula is C20H18N4O3. The monoisotopic (exact) mass is 362 g/mol. The van der Waals surface area contributed by atoms with Crippen LogP contribution in [0.15, 0.2) is 67.3 Å². The highest BCUT2D eigenvalue weighted by atomic mass is 16.3. The summed E-state index contributed by atoms with van der Waals surface area (Å²) in [5.74, 6) is -1.01. The summed E-state index contributed by atoms with van der Waals surface area (Å²) in [5, 5.41) is 15.4. The molecule has 27 heavy (non-hydrogen) atoms. The zero-order valence-electron chi connectivity index (χ0n) is 14.4. The molecule has 0 atom stereocenters. The number of phenolic OH excluding ortho intramolecular Hbond substituents is 1. The van der Waals surface area contributed by atoms with Gasteiger partial charge in [-0.05, 0) is 41.5 Å². The minimum absolute atomic E-state index is 0.0351. The lowest BCUT2D eigenvalue weighted by Crippen LogP contribution is -2.25. The molecule has 3 N–H and O–H groups in total. The normalized spacial score (nSPS) is 10.2. The average molecular weight is 362 g/mol. The van der Waals surface area contributed by atoms with Crippen molar-refractivity contribution in [3.8, 4) is 5.75 Å². The second-order valence-corrected chi connectivity index (χ2v) is 5.82. The highest BCUT2D eigenvalue weighted by Gasteiger charge is 2.15. The Kier molecular flexibility index (Phi) is 5.73. The Morgan fingerprint density at radius 2 is 1.44 bits per heavy atom. The quantitative estimate of drug-likeness (QED) is 0.622. The third kappa shape index (κ3) is 4.88. The number of amides is 2. The fraction of sp³-hybridized carbons (Fsp3) is 0.100. The van der Waals surface area contributed by atoms with Gasteiger partial charge in [-0.25, -0.2) is 0 Å². The Hall–Kier alpha value is -3.74. The molecule has 2 heterocycles. The molecule has 3 aromatic rings. The van der Waals surface area contributed by atoms with Gasteiger partial charge in [0.05, 0.1) is 5.56 Å². The lowest BCUT2D eigenvalue weighted by Gasteiger charge is -2.10. The van der Waals surface area contributed by atoms with Crippen molar-refractivity contribution in [2.75, 3.05) is 0 Å². The fourth-order valence-electron chi connectivity index (χ4n) is 2.43. The lowest BCUT2D eigenvalue weighted by atomic mass is 10.1. The van der Waals surface area contributed by atoms with Gasteiger partial charge >= 0.3 is 0 Å². The van der Waals surface area contributed by atoms with Crippen LogP contribution in [-0.2, 0) is 13.1 Å². The Morgan fingerprint density at radius 1 is 0.852 bits per heavy atom. The molecule has 136 valence electrons. The number of pyridine rings is 2. The van der Waals surface area contributed by atoms with Gasteiger partial charge in [0.2, 0.25) is 0 Å². The second-order valence-electron chi connectivity index (χ2n) is 5.82. The number of nitrogens with zero attached hydrogens (tertiary/aromatic N) is 2. The molecule has 0 saturated heterocycles. The van der Waals surface area contributed by atoms with Crippen LogP contribution in [0.5, 0.6) is 5.75 Å². The van der Waals surface area contributed by atoms with Gasteiger partial charge in [-0.2, -0.15) is 0 Å². The number of phenols is 1. The number of carbonyl (C=O) groups is 2. The van der Waals surface area contributed by atoms with Crippen molar-refractivity contribution in [2.24, 2.45) is 0 Å². The van der Waals surface area contributed by atoms with Crippen LogP contribution in [0.25, 0.3) is 0 Å². The fourth-order valence-corrected chi connectivity index (χ4v) is 2.43. The summed E-state index contributed by atoms with van der Waals surface area (Å²) < 4.78 is 0. The van der Waals surface area contributed by atoms with E-state index in [0.717, 1.165) is 11.1 Å². The van der Waals surface area contributed by atoms with E-state index < -0.39 is 5.91 Å². The van der Waals surface area contributed by atoms with Crippen molar-refractivity contribution in [1.82, 2.24) is 20.6 Å². The third-order valence-corrected chi connectivity index (χ3v) is 3.86. The Balaban J connectivity index is 1.66. The molecule has 0 unspecified atom stereocenters. The zero-order chi connectivity index (χ0) is 19.1. The molecule has 7 heteroatoms. The van der Waals surface area contributed by atoms with E-state index in [1.54, 1.807) is 36.9 Å². The van der Waals surface area contributed by atoms with Gasteiger partial charge in [-0.1, -0.05) is 12.1 Å². The summed E-state index contributed by atoms with van der Waals surface area (Å²) in [6, 6.07) is 11.4. The zero-order valence-corrected chi connectivity index (χ0v) is 14.4. The van der Waals surface area contributed by atoms with Gasteiger partial charge in [0.1, 0.15) is 5.75 Å². The van der Waals surface area contributed by atoms with Gasteiger partial charge in [0, 0.05) is 43.4 Å². The number of aromatic hydroxyl groups is 1. The maximum Gasteiger partial charge on any atom is 0.255 e. The Labute approximate surface area is 156 Å². The lowest BCUT2D eigenvalue weighted by molar-refractivity contribution is 0.0948. The average Bonchev–Trinajstić information content (AvgIpc) is 2.72. The van der Waals surface area contributed by atoms with Gasteiger partial charge in [0.15, 0.2) is 0 Å². The van der Waals surface area contributed by atoms with E-state index in [2.05, 4.69) is 20.6 Å². The highest BCUT2D eigenvalue weighted by Crippen LogP contribution is 2.19. The number of aromatic nitrogens is 2. The van der Waals surface area contributed by atoms with Crippen LogP contribution < -0.4 is 10.6 Å². The standard InChI is InChI=1S/C20H18N4O3/c25-18-6-5-16(19(26)23-12-14-3-1-7-21-10-14)9-17(18)20(27)24-13-15-4-2-8-22-11-15/h1-11,25H,12-13H2,(H,23,26)(H,24,27). The minimum Gasteiger partial charge on any atom is -0.507 e. The molecule has 2 amide bonds. The molecule has 1 aromatic carbocycles. The predicted octanol–water partition coefficient (Wildman–Crippen LogP) is 2.04. The summed E-state index contributed by atoms with van der Waals surface area (Å²) >= 11 is 0. The van der Waals surface area contributed by atoms with E-state index >= 15 is 0 Å². The number of nitrogens with one attached hydrogen (secondary N) is 2. The van der Waals surface area contributed by atoms with Crippen LogP contribution in [-0.4, -0.2) is 26.9 Å². The molecule has 0 radical (unpaired) electrons. The first-order valence-corrected chi connectivity index (χ1v) is 8.30. The van der Waals surface area contributed by atoms with Crippen molar-refractivity contribution in [3.63, 3.8) is 0 Å². The molecule has 0 aliphatic heterocycles. The van der Waals surface area contributed by atoms with E-state index in [0.29, 0.717) is 6.54 Å². The molecule has 0 saturated carbocycles. The number of hydrogen-bond donors (Lipinski definition) is 3. The number of rotatable bonds is 6. The van der Waals surface area contributed by atoms with Gasteiger partial charge in [-0.3, -0.25) is 19.6 Å². The van der Waals surface area contributed by atoms with Crippen LogP contribution >= 0.6 is 0 Å². The summed E-state index contributed by atoms with van der Waals surface area (Å²) in [4.78, 5) is 32.7. The molecule has 3 rings (SSSR count). The number of carbonyl (C=O) groups excluding carboxylic acids is 2. The molecule has 7 nitrogen and oxygen atoms in total. The van der Waals surface area contributed by atoms with Gasteiger partial charge < -0.3 is 15.7 Å². The molecule has 2 aromatic heterocycles. The molecule has 0 spiro atoms. The van der Waals surface area contributed by atoms with Gasteiger partial charge in [-0.15, -0.1) is 0 Å².